The molecule has 4 nitrogen and oxygen atoms in total. The minimum Gasteiger partial charge on any atom is -0.350 e. The predicted molar refractivity (Wildman–Crippen MR) is 90.6 cm³/mol. The summed E-state index contributed by atoms with van der Waals surface area (Å²) < 4.78 is 11.4. The number of nitrogens with zero attached hydrogens (tertiary/aromatic N) is 1. The molecule has 0 spiro atoms. The van der Waals surface area contributed by atoms with Crippen molar-refractivity contribution in [3.05, 3.63) is 29.8 Å². The van der Waals surface area contributed by atoms with Gasteiger partial charge in [0.2, 0.25) is 0 Å². The Hall–Kier alpha value is -1.20. The Balaban J connectivity index is 1.92. The highest BCUT2D eigenvalue weighted by Crippen LogP contribution is 2.20. The number of rotatable bonds is 5. The second kappa shape index (κ2) is 7.38. The Bertz CT molecular complexity index is 534. The van der Waals surface area contributed by atoms with Crippen LogP contribution in [0.25, 0.3) is 0 Å². The van der Waals surface area contributed by atoms with E-state index >= 15 is 0 Å². The van der Waals surface area contributed by atoms with Crippen LogP contribution < -0.4 is 5.32 Å². The molecule has 1 fully saturated rings. The second-order valence-electron chi connectivity index (χ2n) is 6.52. The Labute approximate surface area is 135 Å². The van der Waals surface area contributed by atoms with Gasteiger partial charge in [-0.1, -0.05) is 6.42 Å². The maximum atomic E-state index is 12.2. The Morgan fingerprint density at radius 2 is 1.77 bits per heavy atom. The first-order valence-electron chi connectivity index (χ1n) is 7.87. The van der Waals surface area contributed by atoms with Crippen molar-refractivity contribution >= 4 is 16.7 Å². The normalized spacial score (nSPS) is 18.0. The number of benzene rings is 1. The summed E-state index contributed by atoms with van der Waals surface area (Å²) in [5.74, 6) is -0.0708. The van der Waals surface area contributed by atoms with E-state index in [0.717, 1.165) is 18.0 Å². The van der Waals surface area contributed by atoms with E-state index in [1.54, 1.807) is 30.5 Å². The first kappa shape index (κ1) is 17.2. The Kier molecular flexibility index (Phi) is 5.75. The van der Waals surface area contributed by atoms with Crippen LogP contribution in [0, 0.1) is 0 Å². The molecule has 22 heavy (non-hydrogen) atoms. The number of likely N-dealkylation sites (tertiary alicyclic amines) is 1. The standard InChI is InChI=1S/C17H26N2O2S/c1-17(2,19-11-5-4-6-12-19)13-18-16(20)14-7-9-15(10-8-14)22(3)21/h7-10H,4-6,11-13H2,1-3H3,(H,18,20)/t22-/m0/s1. The van der Waals surface area contributed by atoms with Gasteiger partial charge in [-0.05, 0) is 64.0 Å². The lowest BCUT2D eigenvalue weighted by molar-refractivity contribution is 0.0797. The summed E-state index contributed by atoms with van der Waals surface area (Å²) in [6, 6.07) is 6.97. The first-order chi connectivity index (χ1) is 10.4. The molecule has 5 heteroatoms. The summed E-state index contributed by atoms with van der Waals surface area (Å²) in [6.45, 7) is 7.22. The van der Waals surface area contributed by atoms with Gasteiger partial charge in [0.15, 0.2) is 0 Å². The van der Waals surface area contributed by atoms with Crippen LogP contribution in [0.1, 0.15) is 43.5 Å². The van der Waals surface area contributed by atoms with Crippen LogP contribution in [0.15, 0.2) is 29.2 Å². The SMILES string of the molecule is C[S@](=O)c1ccc(C(=O)NCC(C)(C)N2CCCCC2)cc1. The van der Waals surface area contributed by atoms with Crippen molar-refractivity contribution in [2.75, 3.05) is 25.9 Å². The van der Waals surface area contributed by atoms with Crippen LogP contribution in [-0.4, -0.2) is 46.4 Å². The predicted octanol–water partition coefficient (Wildman–Crippen LogP) is 2.42. The topological polar surface area (TPSA) is 49.4 Å². The fourth-order valence-corrected chi connectivity index (χ4v) is 3.33. The lowest BCUT2D eigenvalue weighted by atomic mass is 9.98. The molecule has 1 atom stereocenters. The average molecular weight is 322 g/mol. The molecule has 1 amide bonds. The first-order valence-corrected chi connectivity index (χ1v) is 9.43. The van der Waals surface area contributed by atoms with Gasteiger partial charge in [-0.15, -0.1) is 0 Å². The smallest absolute Gasteiger partial charge is 0.251 e. The number of hydrogen-bond donors (Lipinski definition) is 1. The summed E-state index contributed by atoms with van der Waals surface area (Å²) in [7, 11) is -1.01. The number of carbonyl (C=O) groups is 1. The van der Waals surface area contributed by atoms with E-state index in [1.165, 1.54) is 19.3 Å². The highest BCUT2D eigenvalue weighted by molar-refractivity contribution is 7.84. The molecule has 122 valence electrons. The van der Waals surface area contributed by atoms with Crippen LogP contribution in [0.5, 0.6) is 0 Å². The molecule has 0 aliphatic carbocycles. The van der Waals surface area contributed by atoms with Crippen LogP contribution in [0.4, 0.5) is 0 Å². The van der Waals surface area contributed by atoms with Crippen LogP contribution in [0.3, 0.4) is 0 Å². The maximum absolute atomic E-state index is 12.2. The van der Waals surface area contributed by atoms with Gasteiger partial charge < -0.3 is 5.32 Å². The molecule has 0 unspecified atom stereocenters. The molecule has 1 heterocycles. The third kappa shape index (κ3) is 4.40. The van der Waals surface area contributed by atoms with E-state index < -0.39 is 10.8 Å². The molecule has 1 aromatic rings. The van der Waals surface area contributed by atoms with Crippen molar-refractivity contribution in [3.8, 4) is 0 Å². The van der Waals surface area contributed by atoms with Crippen molar-refractivity contribution in [2.24, 2.45) is 0 Å². The van der Waals surface area contributed by atoms with Crippen molar-refractivity contribution < 1.29 is 9.00 Å². The van der Waals surface area contributed by atoms with Gasteiger partial charge in [-0.2, -0.15) is 0 Å². The van der Waals surface area contributed by atoms with Crippen LogP contribution in [-0.2, 0) is 10.8 Å². The van der Waals surface area contributed by atoms with Crippen molar-refractivity contribution in [3.63, 3.8) is 0 Å². The van der Waals surface area contributed by atoms with Crippen molar-refractivity contribution in [2.45, 2.75) is 43.5 Å². The van der Waals surface area contributed by atoms with E-state index in [1.807, 2.05) is 0 Å². The lowest BCUT2D eigenvalue weighted by Gasteiger charge is -2.41. The summed E-state index contributed by atoms with van der Waals surface area (Å²) in [6.07, 6.45) is 5.43. The van der Waals surface area contributed by atoms with Crippen molar-refractivity contribution in [1.82, 2.24) is 10.2 Å². The minimum absolute atomic E-state index is 0.0268. The Morgan fingerprint density at radius 3 is 2.32 bits per heavy atom. The van der Waals surface area contributed by atoms with Crippen molar-refractivity contribution in [1.29, 1.82) is 0 Å². The van der Waals surface area contributed by atoms with Gasteiger partial charge in [-0.3, -0.25) is 13.9 Å². The molecule has 1 N–H and O–H groups in total. The molecule has 2 rings (SSSR count). The van der Waals surface area contributed by atoms with Crippen LogP contribution >= 0.6 is 0 Å². The number of amides is 1. The number of piperidine rings is 1. The monoisotopic (exact) mass is 322 g/mol. The highest BCUT2D eigenvalue weighted by Gasteiger charge is 2.28. The molecule has 0 radical (unpaired) electrons. The summed E-state index contributed by atoms with van der Waals surface area (Å²) in [5, 5.41) is 3.03. The zero-order valence-electron chi connectivity index (χ0n) is 13.7. The van der Waals surface area contributed by atoms with Gasteiger partial charge in [0, 0.05) is 39.6 Å². The summed E-state index contributed by atoms with van der Waals surface area (Å²) in [4.78, 5) is 15.4. The fraction of sp³-hybridized carbons (Fsp3) is 0.588. The van der Waals surface area contributed by atoms with Gasteiger partial charge in [0.05, 0.1) is 0 Å². The second-order valence-corrected chi connectivity index (χ2v) is 7.90. The number of nitrogens with one attached hydrogen (secondary N) is 1. The minimum atomic E-state index is -1.01. The molecular weight excluding hydrogens is 296 g/mol. The number of hydrogen-bond acceptors (Lipinski definition) is 3. The zero-order chi connectivity index (χ0) is 16.2. The van der Waals surface area contributed by atoms with E-state index in [-0.39, 0.29) is 11.4 Å². The van der Waals surface area contributed by atoms with E-state index in [2.05, 4.69) is 24.1 Å². The van der Waals surface area contributed by atoms with E-state index in [9.17, 15) is 9.00 Å². The van der Waals surface area contributed by atoms with E-state index in [0.29, 0.717) is 12.1 Å². The highest BCUT2D eigenvalue weighted by atomic mass is 32.2. The summed E-state index contributed by atoms with van der Waals surface area (Å²) >= 11 is 0. The van der Waals surface area contributed by atoms with Crippen LogP contribution in [0.2, 0.25) is 0 Å². The van der Waals surface area contributed by atoms with Gasteiger partial charge in [0.1, 0.15) is 0 Å². The van der Waals surface area contributed by atoms with Gasteiger partial charge in [0.25, 0.3) is 5.91 Å². The van der Waals surface area contributed by atoms with Gasteiger partial charge >= 0.3 is 0 Å². The average Bonchev–Trinajstić information content (AvgIpc) is 2.53. The third-order valence-corrected chi connectivity index (χ3v) is 5.28. The molecule has 1 saturated heterocycles. The summed E-state index contributed by atoms with van der Waals surface area (Å²) in [5.41, 5.74) is 0.588. The third-order valence-electron chi connectivity index (χ3n) is 4.34. The zero-order valence-corrected chi connectivity index (χ0v) is 14.5. The molecular formula is C17H26N2O2S. The molecule has 0 saturated carbocycles. The lowest BCUT2D eigenvalue weighted by Crippen LogP contribution is -2.53. The quantitative estimate of drug-likeness (QED) is 0.906. The van der Waals surface area contributed by atoms with E-state index in [4.69, 9.17) is 0 Å². The Morgan fingerprint density at radius 1 is 1.18 bits per heavy atom. The molecule has 1 aliphatic rings. The number of carbonyl (C=O) groups excluding carboxylic acids is 1. The largest absolute Gasteiger partial charge is 0.350 e. The molecule has 0 bridgehead atoms. The molecule has 0 aromatic heterocycles. The fourth-order valence-electron chi connectivity index (χ4n) is 2.81. The maximum Gasteiger partial charge on any atom is 0.251 e. The molecule has 1 aliphatic heterocycles. The van der Waals surface area contributed by atoms with Gasteiger partial charge in [-0.25, -0.2) is 0 Å². The molecule has 1 aromatic carbocycles.